The third-order valence-electron chi connectivity index (χ3n) is 5.78. The molecule has 2 atom stereocenters. The molecule has 0 aliphatic carbocycles. The van der Waals surface area contributed by atoms with Crippen LogP contribution < -0.4 is 9.47 Å². The van der Waals surface area contributed by atoms with Crippen molar-refractivity contribution >= 4 is 10.9 Å². The van der Waals surface area contributed by atoms with Crippen LogP contribution >= 0.6 is 0 Å². The molecule has 32 heavy (non-hydrogen) atoms. The van der Waals surface area contributed by atoms with E-state index in [2.05, 4.69) is 9.97 Å². The molecule has 0 fully saturated rings. The first-order chi connectivity index (χ1) is 15.7. The molecule has 6 heteroatoms. The van der Waals surface area contributed by atoms with E-state index in [9.17, 15) is 10.2 Å². The lowest BCUT2D eigenvalue weighted by atomic mass is 9.89. The largest absolute Gasteiger partial charge is 0.493 e. The lowest BCUT2D eigenvalue weighted by molar-refractivity contribution is 0.0499. The van der Waals surface area contributed by atoms with Gasteiger partial charge in [0.05, 0.1) is 30.5 Å². The third-order valence-corrected chi connectivity index (χ3v) is 5.78. The van der Waals surface area contributed by atoms with Gasteiger partial charge in [-0.2, -0.15) is 0 Å². The Hall–Kier alpha value is -3.48. The van der Waals surface area contributed by atoms with E-state index in [0.29, 0.717) is 36.7 Å². The Balaban J connectivity index is 1.30. The molecule has 0 radical (unpaired) electrons. The number of nitrogens with zero attached hydrogens (tertiary/aromatic N) is 2. The summed E-state index contributed by atoms with van der Waals surface area (Å²) in [5.41, 5.74) is 4.11. The van der Waals surface area contributed by atoms with Gasteiger partial charge in [-0.25, -0.2) is 4.98 Å². The minimum absolute atomic E-state index is 0.0329. The van der Waals surface area contributed by atoms with E-state index in [-0.39, 0.29) is 12.5 Å². The number of benzene rings is 2. The number of aliphatic hydroxyl groups is 2. The van der Waals surface area contributed by atoms with Gasteiger partial charge in [0, 0.05) is 28.8 Å². The molecule has 0 amide bonds. The molecule has 4 aromatic rings. The summed E-state index contributed by atoms with van der Waals surface area (Å²) >= 11 is 0. The van der Waals surface area contributed by atoms with Crippen LogP contribution in [0.15, 0.2) is 72.9 Å². The summed E-state index contributed by atoms with van der Waals surface area (Å²) in [5.74, 6) is 1.19. The molecule has 0 saturated carbocycles. The predicted octanol–water partition coefficient (Wildman–Crippen LogP) is 3.99. The SMILES string of the molecule is OCc1ccnc(C[C@@H]2COc3ccc(OCc4ccc5ccccc5n4)cc3[C@H]2O)c1. The molecule has 2 aromatic heterocycles. The fourth-order valence-corrected chi connectivity index (χ4v) is 4.04. The van der Waals surface area contributed by atoms with Crippen LogP contribution in [0.3, 0.4) is 0 Å². The van der Waals surface area contributed by atoms with Crippen molar-refractivity contribution in [3.63, 3.8) is 0 Å². The Kier molecular flexibility index (Phi) is 5.71. The number of hydrogen-bond acceptors (Lipinski definition) is 6. The van der Waals surface area contributed by atoms with Crippen molar-refractivity contribution in [1.29, 1.82) is 0 Å². The van der Waals surface area contributed by atoms with Crippen LogP contribution in [0.5, 0.6) is 11.5 Å². The normalized spacial score (nSPS) is 17.6. The molecular formula is C26H24N2O4. The lowest BCUT2D eigenvalue weighted by Gasteiger charge is -2.30. The Morgan fingerprint density at radius 1 is 1.00 bits per heavy atom. The number of fused-ring (bicyclic) bond motifs is 2. The number of hydrogen-bond donors (Lipinski definition) is 2. The number of rotatable bonds is 6. The average molecular weight is 428 g/mol. The van der Waals surface area contributed by atoms with Crippen LogP contribution in [-0.4, -0.2) is 26.8 Å². The molecule has 0 unspecified atom stereocenters. The van der Waals surface area contributed by atoms with Crippen LogP contribution in [-0.2, 0) is 19.6 Å². The fourth-order valence-electron chi connectivity index (χ4n) is 4.04. The van der Waals surface area contributed by atoms with Crippen molar-refractivity contribution in [3.8, 4) is 11.5 Å². The topological polar surface area (TPSA) is 84.7 Å². The quantitative estimate of drug-likeness (QED) is 0.483. The van der Waals surface area contributed by atoms with Gasteiger partial charge in [-0.3, -0.25) is 4.98 Å². The number of pyridine rings is 2. The molecule has 0 bridgehead atoms. The van der Waals surface area contributed by atoms with Crippen molar-refractivity contribution in [2.45, 2.75) is 25.7 Å². The summed E-state index contributed by atoms with van der Waals surface area (Å²) in [6, 6.07) is 21.1. The fraction of sp³-hybridized carbons (Fsp3) is 0.231. The Labute approximate surface area is 186 Å². The van der Waals surface area contributed by atoms with Crippen molar-refractivity contribution in [2.75, 3.05) is 6.61 Å². The predicted molar refractivity (Wildman–Crippen MR) is 120 cm³/mol. The van der Waals surface area contributed by atoms with Gasteiger partial charge in [0.15, 0.2) is 0 Å². The molecule has 0 spiro atoms. The Morgan fingerprint density at radius 3 is 2.81 bits per heavy atom. The monoisotopic (exact) mass is 428 g/mol. The number of aromatic nitrogens is 2. The van der Waals surface area contributed by atoms with Gasteiger partial charge < -0.3 is 19.7 Å². The summed E-state index contributed by atoms with van der Waals surface area (Å²) in [5, 5.41) is 21.5. The maximum absolute atomic E-state index is 11.0. The van der Waals surface area contributed by atoms with Crippen molar-refractivity contribution in [2.24, 2.45) is 5.92 Å². The first-order valence-corrected chi connectivity index (χ1v) is 10.7. The van der Waals surface area contributed by atoms with Gasteiger partial charge >= 0.3 is 0 Å². The molecule has 0 saturated heterocycles. The average Bonchev–Trinajstić information content (AvgIpc) is 2.84. The van der Waals surface area contributed by atoms with Gasteiger partial charge in [0.1, 0.15) is 18.1 Å². The maximum atomic E-state index is 11.0. The first-order valence-electron chi connectivity index (χ1n) is 10.7. The van der Waals surface area contributed by atoms with Crippen LogP contribution in [0.25, 0.3) is 10.9 Å². The number of ether oxygens (including phenoxy) is 2. The summed E-state index contributed by atoms with van der Waals surface area (Å²) in [6.45, 7) is 0.705. The smallest absolute Gasteiger partial charge is 0.130 e. The standard InChI is InChI=1S/C26H24N2O4/c29-14-17-9-10-27-21(11-17)12-19-15-32-25-8-7-22(13-23(25)26(19)30)31-16-20-6-5-18-3-1-2-4-24(18)28-20/h1-11,13,19,26,29-30H,12,14-16H2/t19-,26+/m1/s1. The molecular weight excluding hydrogens is 404 g/mol. The molecule has 5 rings (SSSR count). The van der Waals surface area contributed by atoms with Gasteiger partial charge in [0.25, 0.3) is 0 Å². The second-order valence-electron chi connectivity index (χ2n) is 8.02. The van der Waals surface area contributed by atoms with Crippen molar-refractivity contribution in [1.82, 2.24) is 9.97 Å². The molecule has 1 aliphatic rings. The van der Waals surface area contributed by atoms with Crippen LogP contribution in [0.2, 0.25) is 0 Å². The number of aliphatic hydroxyl groups excluding tert-OH is 2. The zero-order valence-electron chi connectivity index (χ0n) is 17.5. The maximum Gasteiger partial charge on any atom is 0.130 e. The second-order valence-corrected chi connectivity index (χ2v) is 8.02. The Morgan fingerprint density at radius 2 is 1.91 bits per heavy atom. The summed E-state index contributed by atoms with van der Waals surface area (Å²) < 4.78 is 11.9. The van der Waals surface area contributed by atoms with E-state index in [4.69, 9.17) is 9.47 Å². The van der Waals surface area contributed by atoms with Crippen molar-refractivity contribution < 1.29 is 19.7 Å². The molecule has 3 heterocycles. The summed E-state index contributed by atoms with van der Waals surface area (Å²) in [7, 11) is 0. The van der Waals surface area contributed by atoms with E-state index in [1.165, 1.54) is 0 Å². The van der Waals surface area contributed by atoms with E-state index in [1.54, 1.807) is 12.3 Å². The van der Waals surface area contributed by atoms with Crippen molar-refractivity contribution in [3.05, 3.63) is 95.4 Å². The van der Waals surface area contributed by atoms with Gasteiger partial charge in [-0.15, -0.1) is 0 Å². The molecule has 1 aliphatic heterocycles. The van der Waals surface area contributed by atoms with E-state index in [1.807, 2.05) is 60.7 Å². The minimum atomic E-state index is -0.694. The molecule has 2 aromatic carbocycles. The highest BCUT2D eigenvalue weighted by Crippen LogP contribution is 2.39. The van der Waals surface area contributed by atoms with Gasteiger partial charge in [0.2, 0.25) is 0 Å². The zero-order valence-corrected chi connectivity index (χ0v) is 17.5. The number of para-hydroxylation sites is 1. The van der Waals surface area contributed by atoms with E-state index < -0.39 is 6.10 Å². The molecule has 162 valence electrons. The first kappa shape index (κ1) is 20.4. The summed E-state index contributed by atoms with van der Waals surface area (Å²) in [6.07, 6.45) is 1.54. The zero-order chi connectivity index (χ0) is 21.9. The van der Waals surface area contributed by atoms with Gasteiger partial charge in [-0.05, 0) is 54.4 Å². The van der Waals surface area contributed by atoms with Crippen LogP contribution in [0.1, 0.15) is 28.6 Å². The minimum Gasteiger partial charge on any atom is -0.493 e. The third kappa shape index (κ3) is 4.28. The second kappa shape index (κ2) is 8.94. The Bertz CT molecular complexity index is 1240. The van der Waals surface area contributed by atoms with E-state index >= 15 is 0 Å². The molecule has 6 nitrogen and oxygen atoms in total. The summed E-state index contributed by atoms with van der Waals surface area (Å²) in [4.78, 5) is 9.01. The van der Waals surface area contributed by atoms with Gasteiger partial charge in [-0.1, -0.05) is 24.3 Å². The highest BCUT2D eigenvalue weighted by atomic mass is 16.5. The van der Waals surface area contributed by atoms with Crippen LogP contribution in [0.4, 0.5) is 0 Å². The molecule has 2 N–H and O–H groups in total. The van der Waals surface area contributed by atoms with Crippen LogP contribution in [0, 0.1) is 5.92 Å². The van der Waals surface area contributed by atoms with E-state index in [0.717, 1.165) is 27.9 Å². The highest BCUT2D eigenvalue weighted by molar-refractivity contribution is 5.78. The highest BCUT2D eigenvalue weighted by Gasteiger charge is 2.30. The lowest BCUT2D eigenvalue weighted by Crippen LogP contribution is -2.28.